The van der Waals surface area contributed by atoms with Crippen LogP contribution in [0.25, 0.3) is 10.8 Å². The third-order valence-corrected chi connectivity index (χ3v) is 4.73. The Morgan fingerprint density at radius 1 is 1.21 bits per heavy atom. The van der Waals surface area contributed by atoms with Crippen LogP contribution in [0.3, 0.4) is 0 Å². The van der Waals surface area contributed by atoms with Crippen molar-refractivity contribution in [3.8, 4) is 0 Å². The number of nitro groups is 1. The lowest BCUT2D eigenvalue weighted by molar-refractivity contribution is -0.386. The van der Waals surface area contributed by atoms with Crippen LogP contribution >= 0.6 is 0 Å². The first-order valence-electron chi connectivity index (χ1n) is 8.83. The van der Waals surface area contributed by atoms with Crippen LogP contribution < -0.4 is 5.43 Å². The molecule has 1 amide bonds. The molecule has 1 heterocycles. The Morgan fingerprint density at radius 2 is 1.89 bits per heavy atom. The highest BCUT2D eigenvalue weighted by Crippen LogP contribution is 2.24. The highest BCUT2D eigenvalue weighted by molar-refractivity contribution is 6.09. The number of aromatic nitrogens is 2. The van der Waals surface area contributed by atoms with Crippen molar-refractivity contribution in [3.63, 3.8) is 0 Å². The van der Waals surface area contributed by atoms with Crippen LogP contribution in [0.4, 0.5) is 5.69 Å². The van der Waals surface area contributed by atoms with E-state index in [1.165, 1.54) is 4.68 Å². The molecule has 1 unspecified atom stereocenters. The molecule has 2 aromatic carbocycles. The summed E-state index contributed by atoms with van der Waals surface area (Å²) in [6.07, 6.45) is 0. The molecule has 3 rings (SSSR count). The number of carbonyl (C=O) groups excluding carboxylic acids is 1. The second-order valence-electron chi connectivity index (χ2n) is 6.60. The highest BCUT2D eigenvalue weighted by atomic mass is 16.6. The lowest BCUT2D eigenvalue weighted by Crippen LogP contribution is -2.29. The predicted molar refractivity (Wildman–Crippen MR) is 107 cm³/mol. The normalized spacial score (nSPS) is 12.8. The number of hydrogen-bond acceptors (Lipinski definition) is 5. The first-order valence-corrected chi connectivity index (χ1v) is 8.83. The van der Waals surface area contributed by atoms with Gasteiger partial charge in [-0.1, -0.05) is 42.5 Å². The number of rotatable bonds is 5. The summed E-state index contributed by atoms with van der Waals surface area (Å²) in [5.74, 6) is -0.403. The van der Waals surface area contributed by atoms with Gasteiger partial charge in [-0.05, 0) is 38.5 Å². The minimum absolute atomic E-state index is 0.0740. The zero-order chi connectivity index (χ0) is 20.4. The molecule has 0 radical (unpaired) electrons. The third-order valence-electron chi connectivity index (χ3n) is 4.73. The van der Waals surface area contributed by atoms with Crippen LogP contribution in [-0.2, 0) is 4.79 Å². The average molecular weight is 379 g/mol. The van der Waals surface area contributed by atoms with Crippen LogP contribution in [0.1, 0.15) is 36.8 Å². The van der Waals surface area contributed by atoms with E-state index >= 15 is 0 Å². The second-order valence-corrected chi connectivity index (χ2v) is 6.60. The van der Waals surface area contributed by atoms with Crippen molar-refractivity contribution in [2.24, 2.45) is 5.10 Å². The van der Waals surface area contributed by atoms with Gasteiger partial charge in [0.15, 0.2) is 0 Å². The van der Waals surface area contributed by atoms with E-state index in [0.29, 0.717) is 11.4 Å². The molecule has 0 aliphatic rings. The molecule has 0 bridgehead atoms. The lowest BCUT2D eigenvalue weighted by Gasteiger charge is -2.12. The smallest absolute Gasteiger partial charge is 0.271 e. The largest absolute Gasteiger partial charge is 0.312 e. The molecule has 0 aliphatic carbocycles. The molecule has 1 aromatic heterocycles. The molecule has 144 valence electrons. The van der Waals surface area contributed by atoms with Crippen molar-refractivity contribution in [1.82, 2.24) is 15.2 Å². The maximum Gasteiger partial charge on any atom is 0.312 e. The molecular formula is C20H21N5O3. The number of carbonyl (C=O) groups is 1. The summed E-state index contributed by atoms with van der Waals surface area (Å²) < 4.78 is 1.35. The van der Waals surface area contributed by atoms with Crippen LogP contribution in [-0.4, -0.2) is 26.3 Å². The lowest BCUT2D eigenvalue weighted by atomic mass is 10.0. The van der Waals surface area contributed by atoms with Gasteiger partial charge in [-0.15, -0.1) is 0 Å². The minimum Gasteiger partial charge on any atom is -0.271 e. The number of hydrazone groups is 1. The van der Waals surface area contributed by atoms with Crippen LogP contribution in [0, 0.1) is 24.0 Å². The molecule has 1 atom stereocenters. The summed E-state index contributed by atoms with van der Waals surface area (Å²) in [5.41, 5.74) is 4.67. The Bertz CT molecular complexity index is 1100. The van der Waals surface area contributed by atoms with Crippen LogP contribution in [0.15, 0.2) is 47.6 Å². The van der Waals surface area contributed by atoms with Gasteiger partial charge in [0, 0.05) is 5.56 Å². The standard InChI is InChI=1S/C20H21N5O3/c1-12(17-11-7-9-16-8-5-6-10-18(16)17)21-22-20(26)15(4)24-14(3)19(25(27)28)13(2)23-24/h5-11,15H,1-4H3,(H,22,26). The summed E-state index contributed by atoms with van der Waals surface area (Å²) in [6.45, 7) is 6.57. The number of benzene rings is 2. The SMILES string of the molecule is CC(=NNC(=O)C(C)n1nc(C)c([N+](=O)[O-])c1C)c1cccc2ccccc12. The van der Waals surface area contributed by atoms with Crippen molar-refractivity contribution in [2.45, 2.75) is 33.7 Å². The Balaban J connectivity index is 1.83. The predicted octanol–water partition coefficient (Wildman–Crippen LogP) is 3.66. The molecule has 0 saturated carbocycles. The molecule has 0 saturated heterocycles. The zero-order valence-electron chi connectivity index (χ0n) is 16.1. The van der Waals surface area contributed by atoms with E-state index in [0.717, 1.165) is 16.3 Å². The Labute approximate surface area is 162 Å². The first kappa shape index (κ1) is 19.2. The quantitative estimate of drug-likeness (QED) is 0.415. The number of nitrogens with zero attached hydrogens (tertiary/aromatic N) is 4. The van der Waals surface area contributed by atoms with Gasteiger partial charge in [-0.25, -0.2) is 5.43 Å². The van der Waals surface area contributed by atoms with Gasteiger partial charge in [0.2, 0.25) is 0 Å². The summed E-state index contributed by atoms with van der Waals surface area (Å²) in [4.78, 5) is 23.2. The van der Waals surface area contributed by atoms with Crippen molar-refractivity contribution in [3.05, 3.63) is 69.5 Å². The molecule has 0 spiro atoms. The topological polar surface area (TPSA) is 102 Å². The summed E-state index contributed by atoms with van der Waals surface area (Å²) in [6, 6.07) is 13.1. The van der Waals surface area contributed by atoms with Crippen LogP contribution in [0.2, 0.25) is 0 Å². The third kappa shape index (κ3) is 3.48. The Hall–Kier alpha value is -3.55. The summed E-state index contributed by atoms with van der Waals surface area (Å²) in [5, 5.41) is 21.7. The van der Waals surface area contributed by atoms with E-state index in [1.54, 1.807) is 20.8 Å². The molecule has 3 aromatic rings. The van der Waals surface area contributed by atoms with E-state index in [9.17, 15) is 14.9 Å². The fraction of sp³-hybridized carbons (Fsp3) is 0.250. The van der Waals surface area contributed by atoms with Gasteiger partial charge in [-0.3, -0.25) is 19.6 Å². The van der Waals surface area contributed by atoms with Crippen molar-refractivity contribution >= 4 is 28.1 Å². The van der Waals surface area contributed by atoms with E-state index in [4.69, 9.17) is 0 Å². The highest BCUT2D eigenvalue weighted by Gasteiger charge is 2.27. The zero-order valence-corrected chi connectivity index (χ0v) is 16.1. The van der Waals surface area contributed by atoms with E-state index in [-0.39, 0.29) is 11.4 Å². The molecule has 0 fully saturated rings. The van der Waals surface area contributed by atoms with Gasteiger partial charge in [0.1, 0.15) is 17.4 Å². The fourth-order valence-corrected chi connectivity index (χ4v) is 3.24. The van der Waals surface area contributed by atoms with Gasteiger partial charge >= 0.3 is 5.69 Å². The van der Waals surface area contributed by atoms with Gasteiger partial charge < -0.3 is 0 Å². The van der Waals surface area contributed by atoms with E-state index in [2.05, 4.69) is 15.6 Å². The van der Waals surface area contributed by atoms with Crippen LogP contribution in [0.5, 0.6) is 0 Å². The first-order chi connectivity index (χ1) is 13.3. The van der Waals surface area contributed by atoms with Crippen molar-refractivity contribution < 1.29 is 9.72 Å². The molecule has 8 heteroatoms. The molecule has 8 nitrogen and oxygen atoms in total. The molecule has 28 heavy (non-hydrogen) atoms. The molecular weight excluding hydrogens is 358 g/mol. The number of hydrogen-bond donors (Lipinski definition) is 1. The van der Waals surface area contributed by atoms with Gasteiger partial charge in [0.25, 0.3) is 5.91 Å². The minimum atomic E-state index is -0.739. The number of nitrogens with one attached hydrogen (secondary N) is 1. The number of fused-ring (bicyclic) bond motifs is 1. The molecule has 0 aliphatic heterocycles. The van der Waals surface area contributed by atoms with E-state index < -0.39 is 16.9 Å². The number of aryl methyl sites for hydroxylation is 1. The van der Waals surface area contributed by atoms with Crippen molar-refractivity contribution in [2.75, 3.05) is 0 Å². The average Bonchev–Trinajstić information content (AvgIpc) is 2.98. The second kappa shape index (κ2) is 7.59. The Morgan fingerprint density at radius 3 is 2.57 bits per heavy atom. The van der Waals surface area contributed by atoms with Gasteiger partial charge in [0.05, 0.1) is 10.6 Å². The van der Waals surface area contributed by atoms with Crippen molar-refractivity contribution in [1.29, 1.82) is 0 Å². The Kier molecular flexibility index (Phi) is 5.21. The fourth-order valence-electron chi connectivity index (χ4n) is 3.24. The number of amides is 1. The maximum atomic E-state index is 12.5. The summed E-state index contributed by atoms with van der Waals surface area (Å²) >= 11 is 0. The van der Waals surface area contributed by atoms with Gasteiger partial charge in [-0.2, -0.15) is 10.2 Å². The van der Waals surface area contributed by atoms with E-state index in [1.807, 2.05) is 49.4 Å². The molecule has 1 N–H and O–H groups in total. The summed E-state index contributed by atoms with van der Waals surface area (Å²) in [7, 11) is 0. The monoisotopic (exact) mass is 379 g/mol. The maximum absolute atomic E-state index is 12.5.